The van der Waals surface area contributed by atoms with Crippen molar-refractivity contribution in [2.75, 3.05) is 12.4 Å². The Kier molecular flexibility index (Phi) is 4.30. The molecule has 0 saturated carbocycles. The molecule has 0 spiro atoms. The Morgan fingerprint density at radius 1 is 1.05 bits per heavy atom. The normalized spacial score (nSPS) is 10.1. The summed E-state index contributed by atoms with van der Waals surface area (Å²) in [6.07, 6.45) is 0. The van der Waals surface area contributed by atoms with Gasteiger partial charge in [0, 0.05) is 11.3 Å². The molecule has 1 amide bonds. The summed E-state index contributed by atoms with van der Waals surface area (Å²) >= 11 is 11.7. The van der Waals surface area contributed by atoms with Gasteiger partial charge in [0.05, 0.1) is 17.2 Å². The lowest BCUT2D eigenvalue weighted by Crippen LogP contribution is -2.11. The second-order valence-corrected chi connectivity index (χ2v) is 4.63. The minimum atomic E-state index is -0.247. The lowest BCUT2D eigenvalue weighted by Gasteiger charge is -2.07. The summed E-state index contributed by atoms with van der Waals surface area (Å²) in [4.78, 5) is 12.0. The van der Waals surface area contributed by atoms with Crippen molar-refractivity contribution in [2.24, 2.45) is 0 Å². The zero-order chi connectivity index (χ0) is 13.8. The standard InChI is InChI=1S/C14H11Cl2NO2/c1-19-11-5-3-10(4-6-11)17-14(18)9-2-7-12(15)13(16)8-9/h2-8H,1H3,(H,17,18). The average Bonchev–Trinajstić information content (AvgIpc) is 2.42. The van der Waals surface area contributed by atoms with Crippen LogP contribution in [0.4, 0.5) is 5.69 Å². The summed E-state index contributed by atoms with van der Waals surface area (Å²) < 4.78 is 5.04. The van der Waals surface area contributed by atoms with Gasteiger partial charge in [0.2, 0.25) is 0 Å². The molecule has 0 saturated heterocycles. The lowest BCUT2D eigenvalue weighted by molar-refractivity contribution is 0.102. The number of rotatable bonds is 3. The van der Waals surface area contributed by atoms with Crippen LogP contribution in [0.1, 0.15) is 10.4 Å². The van der Waals surface area contributed by atoms with Gasteiger partial charge in [-0.05, 0) is 42.5 Å². The van der Waals surface area contributed by atoms with Gasteiger partial charge in [-0.2, -0.15) is 0 Å². The van der Waals surface area contributed by atoms with Crippen molar-refractivity contribution < 1.29 is 9.53 Å². The van der Waals surface area contributed by atoms with Crippen LogP contribution in [0.5, 0.6) is 5.75 Å². The minimum absolute atomic E-state index is 0.247. The van der Waals surface area contributed by atoms with Crippen molar-refractivity contribution in [3.63, 3.8) is 0 Å². The molecule has 0 aliphatic heterocycles. The number of carbonyl (C=O) groups is 1. The van der Waals surface area contributed by atoms with Gasteiger partial charge in [-0.1, -0.05) is 23.2 Å². The molecule has 0 aromatic heterocycles. The predicted molar refractivity (Wildman–Crippen MR) is 77.4 cm³/mol. The summed E-state index contributed by atoms with van der Waals surface area (Å²) in [5.74, 6) is 0.483. The highest BCUT2D eigenvalue weighted by atomic mass is 35.5. The van der Waals surface area contributed by atoms with E-state index in [4.69, 9.17) is 27.9 Å². The fourth-order valence-corrected chi connectivity index (χ4v) is 1.81. The molecule has 0 bridgehead atoms. The van der Waals surface area contributed by atoms with Crippen LogP contribution >= 0.6 is 23.2 Å². The Bertz CT molecular complexity index is 597. The molecular formula is C14H11Cl2NO2. The number of hydrogen-bond acceptors (Lipinski definition) is 2. The van der Waals surface area contributed by atoms with E-state index in [0.29, 0.717) is 21.3 Å². The van der Waals surface area contributed by atoms with Gasteiger partial charge in [0.1, 0.15) is 5.75 Å². The Labute approximate surface area is 121 Å². The summed E-state index contributed by atoms with van der Waals surface area (Å²) in [5, 5.41) is 3.53. The van der Waals surface area contributed by atoms with Crippen LogP contribution in [0, 0.1) is 0 Å². The molecule has 2 aromatic carbocycles. The highest BCUT2D eigenvalue weighted by Gasteiger charge is 2.08. The monoisotopic (exact) mass is 295 g/mol. The molecule has 3 nitrogen and oxygen atoms in total. The molecule has 5 heteroatoms. The van der Waals surface area contributed by atoms with Crippen LogP contribution in [-0.4, -0.2) is 13.0 Å². The molecule has 2 rings (SSSR count). The molecule has 0 atom stereocenters. The van der Waals surface area contributed by atoms with E-state index in [9.17, 15) is 4.79 Å². The smallest absolute Gasteiger partial charge is 0.255 e. The van der Waals surface area contributed by atoms with Gasteiger partial charge in [0.15, 0.2) is 0 Å². The summed E-state index contributed by atoms with van der Waals surface area (Å²) in [6.45, 7) is 0. The lowest BCUT2D eigenvalue weighted by atomic mass is 10.2. The molecule has 2 aromatic rings. The SMILES string of the molecule is COc1ccc(NC(=O)c2ccc(Cl)c(Cl)c2)cc1. The summed E-state index contributed by atoms with van der Waals surface area (Å²) in [7, 11) is 1.59. The third-order valence-electron chi connectivity index (χ3n) is 2.53. The summed E-state index contributed by atoms with van der Waals surface area (Å²) in [6, 6.07) is 11.8. The zero-order valence-corrected chi connectivity index (χ0v) is 11.6. The second kappa shape index (κ2) is 5.95. The number of hydrogen-bond donors (Lipinski definition) is 1. The molecule has 0 aliphatic carbocycles. The maximum absolute atomic E-state index is 12.0. The van der Waals surface area contributed by atoms with Gasteiger partial charge in [-0.15, -0.1) is 0 Å². The first-order chi connectivity index (χ1) is 9.10. The maximum atomic E-state index is 12.0. The maximum Gasteiger partial charge on any atom is 0.255 e. The molecular weight excluding hydrogens is 285 g/mol. The van der Waals surface area contributed by atoms with E-state index in [1.807, 2.05) is 0 Å². The molecule has 0 unspecified atom stereocenters. The van der Waals surface area contributed by atoms with E-state index in [1.54, 1.807) is 43.5 Å². The molecule has 0 heterocycles. The molecule has 0 aliphatic rings. The van der Waals surface area contributed by atoms with Gasteiger partial charge in [-0.3, -0.25) is 4.79 Å². The third kappa shape index (κ3) is 3.40. The van der Waals surface area contributed by atoms with Crippen LogP contribution in [-0.2, 0) is 0 Å². The molecule has 0 radical (unpaired) electrons. The summed E-state index contributed by atoms with van der Waals surface area (Å²) in [5.41, 5.74) is 1.13. The number of benzene rings is 2. The van der Waals surface area contributed by atoms with E-state index < -0.39 is 0 Å². The largest absolute Gasteiger partial charge is 0.497 e. The van der Waals surface area contributed by atoms with Gasteiger partial charge >= 0.3 is 0 Å². The van der Waals surface area contributed by atoms with Crippen molar-refractivity contribution in [1.29, 1.82) is 0 Å². The zero-order valence-electron chi connectivity index (χ0n) is 10.1. The van der Waals surface area contributed by atoms with Gasteiger partial charge < -0.3 is 10.1 Å². The van der Waals surface area contributed by atoms with E-state index >= 15 is 0 Å². The van der Waals surface area contributed by atoms with Crippen molar-refractivity contribution in [2.45, 2.75) is 0 Å². The molecule has 0 fully saturated rings. The highest BCUT2D eigenvalue weighted by Crippen LogP contribution is 2.23. The topological polar surface area (TPSA) is 38.3 Å². The quantitative estimate of drug-likeness (QED) is 0.919. The van der Waals surface area contributed by atoms with Crippen LogP contribution < -0.4 is 10.1 Å². The molecule has 19 heavy (non-hydrogen) atoms. The van der Waals surface area contributed by atoms with Crippen molar-refractivity contribution in [3.8, 4) is 5.75 Å². The number of amides is 1. The van der Waals surface area contributed by atoms with Crippen molar-refractivity contribution >= 4 is 34.8 Å². The minimum Gasteiger partial charge on any atom is -0.497 e. The van der Waals surface area contributed by atoms with Crippen LogP contribution in [0.15, 0.2) is 42.5 Å². The van der Waals surface area contributed by atoms with E-state index in [1.165, 1.54) is 6.07 Å². The van der Waals surface area contributed by atoms with Crippen LogP contribution in [0.2, 0.25) is 10.0 Å². The third-order valence-corrected chi connectivity index (χ3v) is 3.27. The Hall–Kier alpha value is -1.71. The number of methoxy groups -OCH3 is 1. The van der Waals surface area contributed by atoms with Crippen LogP contribution in [0.3, 0.4) is 0 Å². The van der Waals surface area contributed by atoms with Crippen molar-refractivity contribution in [3.05, 3.63) is 58.1 Å². The number of carbonyl (C=O) groups excluding carboxylic acids is 1. The van der Waals surface area contributed by atoms with Gasteiger partial charge in [0.25, 0.3) is 5.91 Å². The number of ether oxygens (including phenoxy) is 1. The first-order valence-electron chi connectivity index (χ1n) is 5.50. The van der Waals surface area contributed by atoms with E-state index in [0.717, 1.165) is 5.75 Å². The first-order valence-corrected chi connectivity index (χ1v) is 6.26. The Balaban J connectivity index is 2.13. The Morgan fingerprint density at radius 3 is 2.32 bits per heavy atom. The van der Waals surface area contributed by atoms with Gasteiger partial charge in [-0.25, -0.2) is 0 Å². The van der Waals surface area contributed by atoms with E-state index in [-0.39, 0.29) is 5.91 Å². The second-order valence-electron chi connectivity index (χ2n) is 3.81. The average molecular weight is 296 g/mol. The fourth-order valence-electron chi connectivity index (χ4n) is 1.51. The van der Waals surface area contributed by atoms with Crippen molar-refractivity contribution in [1.82, 2.24) is 0 Å². The molecule has 1 N–H and O–H groups in total. The first kappa shape index (κ1) is 13.7. The number of halogens is 2. The highest BCUT2D eigenvalue weighted by molar-refractivity contribution is 6.42. The predicted octanol–water partition coefficient (Wildman–Crippen LogP) is 4.25. The Morgan fingerprint density at radius 2 is 1.74 bits per heavy atom. The fraction of sp³-hybridized carbons (Fsp3) is 0.0714. The number of nitrogens with one attached hydrogen (secondary N) is 1. The van der Waals surface area contributed by atoms with Crippen LogP contribution in [0.25, 0.3) is 0 Å². The number of anilines is 1. The molecule has 98 valence electrons. The van der Waals surface area contributed by atoms with E-state index in [2.05, 4.69) is 5.32 Å².